The molecule has 1 fully saturated rings. The van der Waals surface area contributed by atoms with Crippen molar-refractivity contribution in [3.63, 3.8) is 0 Å². The zero-order chi connectivity index (χ0) is 13.0. The molecule has 0 amide bonds. The van der Waals surface area contributed by atoms with E-state index >= 15 is 0 Å². The zero-order valence-corrected chi connectivity index (χ0v) is 12.1. The number of hydrogen-bond acceptors (Lipinski definition) is 2. The summed E-state index contributed by atoms with van der Waals surface area (Å²) in [6, 6.07) is 0. The lowest BCUT2D eigenvalue weighted by atomic mass is 10.1. The smallest absolute Gasteiger partial charge is 0.105 e. The second-order valence-electron chi connectivity index (χ2n) is 6.08. The Bertz CT molecular complexity index is 362. The van der Waals surface area contributed by atoms with E-state index in [0.717, 1.165) is 19.0 Å². The largest absolute Gasteiger partial charge is 0.331 e. The molecule has 0 unspecified atom stereocenters. The quantitative estimate of drug-likeness (QED) is 0.839. The Morgan fingerprint density at radius 2 is 2.11 bits per heavy atom. The number of imidazole rings is 1. The zero-order valence-electron chi connectivity index (χ0n) is 12.1. The van der Waals surface area contributed by atoms with Crippen molar-refractivity contribution in [2.75, 3.05) is 6.54 Å². The van der Waals surface area contributed by atoms with Crippen molar-refractivity contribution in [2.45, 2.75) is 59.5 Å². The third-order valence-electron chi connectivity index (χ3n) is 3.91. The van der Waals surface area contributed by atoms with E-state index in [9.17, 15) is 0 Å². The number of nitrogens with one attached hydrogen (secondary N) is 1. The first kappa shape index (κ1) is 13.6. The predicted molar refractivity (Wildman–Crippen MR) is 75.5 cm³/mol. The monoisotopic (exact) mass is 249 g/mol. The van der Waals surface area contributed by atoms with E-state index in [4.69, 9.17) is 0 Å². The van der Waals surface area contributed by atoms with Crippen LogP contribution in [0.15, 0.2) is 6.20 Å². The number of aromatic nitrogens is 2. The van der Waals surface area contributed by atoms with Gasteiger partial charge in [-0.25, -0.2) is 4.98 Å². The average molecular weight is 249 g/mol. The standard InChI is InChI=1S/C15H27N3/c1-12(2)8-16-9-15-10-17-13(3)18(15)11-14-6-4-5-7-14/h10,12,14,16H,4-9,11H2,1-3H3. The Morgan fingerprint density at radius 1 is 1.39 bits per heavy atom. The molecule has 1 aromatic rings. The predicted octanol–water partition coefficient (Wildman–Crippen LogP) is 3.13. The third kappa shape index (κ3) is 3.58. The maximum absolute atomic E-state index is 4.48. The van der Waals surface area contributed by atoms with Crippen molar-refractivity contribution < 1.29 is 0 Å². The van der Waals surface area contributed by atoms with Gasteiger partial charge in [0.1, 0.15) is 5.82 Å². The van der Waals surface area contributed by atoms with Crippen LogP contribution in [-0.4, -0.2) is 16.1 Å². The molecule has 3 nitrogen and oxygen atoms in total. The highest BCUT2D eigenvalue weighted by molar-refractivity contribution is 5.04. The molecular weight excluding hydrogens is 222 g/mol. The number of hydrogen-bond donors (Lipinski definition) is 1. The molecule has 1 aliphatic rings. The van der Waals surface area contributed by atoms with Gasteiger partial charge in [0.05, 0.1) is 5.69 Å². The van der Waals surface area contributed by atoms with Crippen molar-refractivity contribution in [3.05, 3.63) is 17.7 Å². The van der Waals surface area contributed by atoms with Crippen LogP contribution in [0.25, 0.3) is 0 Å². The SMILES string of the molecule is Cc1ncc(CNCC(C)C)n1CC1CCCC1. The number of aryl methyl sites for hydroxylation is 1. The van der Waals surface area contributed by atoms with E-state index in [1.807, 2.05) is 6.20 Å². The molecular formula is C15H27N3. The number of nitrogens with zero attached hydrogens (tertiary/aromatic N) is 2. The normalized spacial score (nSPS) is 16.9. The summed E-state index contributed by atoms with van der Waals surface area (Å²) < 4.78 is 2.42. The summed E-state index contributed by atoms with van der Waals surface area (Å²) in [6.45, 7) is 9.81. The van der Waals surface area contributed by atoms with Crippen molar-refractivity contribution >= 4 is 0 Å². The van der Waals surface area contributed by atoms with Crippen LogP contribution in [0.3, 0.4) is 0 Å². The molecule has 18 heavy (non-hydrogen) atoms. The Morgan fingerprint density at radius 3 is 2.78 bits per heavy atom. The highest BCUT2D eigenvalue weighted by Gasteiger charge is 2.17. The van der Waals surface area contributed by atoms with Gasteiger partial charge in [-0.15, -0.1) is 0 Å². The van der Waals surface area contributed by atoms with E-state index in [-0.39, 0.29) is 0 Å². The minimum Gasteiger partial charge on any atom is -0.331 e. The summed E-state index contributed by atoms with van der Waals surface area (Å²) in [5.74, 6) is 2.75. The van der Waals surface area contributed by atoms with Crippen LogP contribution in [0.1, 0.15) is 51.0 Å². The molecule has 2 rings (SSSR count). The van der Waals surface area contributed by atoms with Gasteiger partial charge in [0, 0.05) is 19.3 Å². The molecule has 1 aromatic heterocycles. The molecule has 1 heterocycles. The second-order valence-corrected chi connectivity index (χ2v) is 6.08. The van der Waals surface area contributed by atoms with Crippen molar-refractivity contribution in [3.8, 4) is 0 Å². The molecule has 0 atom stereocenters. The maximum Gasteiger partial charge on any atom is 0.105 e. The molecule has 1 aliphatic carbocycles. The van der Waals surface area contributed by atoms with Gasteiger partial charge in [-0.2, -0.15) is 0 Å². The van der Waals surface area contributed by atoms with Crippen LogP contribution in [0, 0.1) is 18.8 Å². The summed E-state index contributed by atoms with van der Waals surface area (Å²) in [7, 11) is 0. The van der Waals surface area contributed by atoms with E-state index in [0.29, 0.717) is 5.92 Å². The van der Waals surface area contributed by atoms with Crippen molar-refractivity contribution in [1.82, 2.24) is 14.9 Å². The Balaban J connectivity index is 1.93. The van der Waals surface area contributed by atoms with Crippen molar-refractivity contribution in [1.29, 1.82) is 0 Å². The fraction of sp³-hybridized carbons (Fsp3) is 0.800. The highest BCUT2D eigenvalue weighted by Crippen LogP contribution is 2.27. The van der Waals surface area contributed by atoms with Crippen LogP contribution in [0.4, 0.5) is 0 Å². The summed E-state index contributed by atoms with van der Waals surface area (Å²) >= 11 is 0. The molecule has 0 aliphatic heterocycles. The van der Waals surface area contributed by atoms with Gasteiger partial charge in [0.2, 0.25) is 0 Å². The molecule has 0 radical (unpaired) electrons. The lowest BCUT2D eigenvalue weighted by Gasteiger charge is -2.16. The molecule has 0 spiro atoms. The molecule has 0 aromatic carbocycles. The number of rotatable bonds is 6. The van der Waals surface area contributed by atoms with Gasteiger partial charge in [0.25, 0.3) is 0 Å². The Kier molecular flexibility index (Phi) is 4.81. The highest BCUT2D eigenvalue weighted by atomic mass is 15.1. The fourth-order valence-corrected chi connectivity index (χ4v) is 2.85. The minimum absolute atomic E-state index is 0.706. The summed E-state index contributed by atoms with van der Waals surface area (Å²) in [5.41, 5.74) is 1.35. The van der Waals surface area contributed by atoms with Crippen LogP contribution in [-0.2, 0) is 13.1 Å². The Labute approximate surface area is 111 Å². The van der Waals surface area contributed by atoms with E-state index < -0.39 is 0 Å². The minimum atomic E-state index is 0.706. The molecule has 1 saturated carbocycles. The van der Waals surface area contributed by atoms with E-state index in [1.54, 1.807) is 0 Å². The van der Waals surface area contributed by atoms with Crippen LogP contribution >= 0.6 is 0 Å². The lowest BCUT2D eigenvalue weighted by molar-refractivity contribution is 0.435. The Hall–Kier alpha value is -0.830. The molecule has 0 bridgehead atoms. The van der Waals surface area contributed by atoms with Gasteiger partial charge < -0.3 is 9.88 Å². The first-order valence-corrected chi connectivity index (χ1v) is 7.38. The fourth-order valence-electron chi connectivity index (χ4n) is 2.85. The third-order valence-corrected chi connectivity index (χ3v) is 3.91. The molecule has 102 valence electrons. The van der Waals surface area contributed by atoms with Gasteiger partial charge in [-0.05, 0) is 38.1 Å². The van der Waals surface area contributed by atoms with Gasteiger partial charge in [-0.1, -0.05) is 26.7 Å². The van der Waals surface area contributed by atoms with Crippen LogP contribution in [0.5, 0.6) is 0 Å². The first-order chi connectivity index (χ1) is 8.66. The summed E-state index contributed by atoms with van der Waals surface area (Å²) in [5, 5.41) is 3.52. The van der Waals surface area contributed by atoms with Gasteiger partial charge >= 0.3 is 0 Å². The van der Waals surface area contributed by atoms with Crippen molar-refractivity contribution in [2.24, 2.45) is 11.8 Å². The van der Waals surface area contributed by atoms with Gasteiger partial charge in [-0.3, -0.25) is 0 Å². The summed E-state index contributed by atoms with van der Waals surface area (Å²) in [4.78, 5) is 4.48. The summed E-state index contributed by atoms with van der Waals surface area (Å²) in [6.07, 6.45) is 7.67. The van der Waals surface area contributed by atoms with E-state index in [1.165, 1.54) is 43.7 Å². The maximum atomic E-state index is 4.48. The molecule has 1 N–H and O–H groups in total. The van der Waals surface area contributed by atoms with Crippen LogP contribution < -0.4 is 5.32 Å². The molecule has 3 heteroatoms. The topological polar surface area (TPSA) is 29.9 Å². The first-order valence-electron chi connectivity index (χ1n) is 7.38. The molecule has 0 saturated heterocycles. The van der Waals surface area contributed by atoms with E-state index in [2.05, 4.69) is 35.6 Å². The van der Waals surface area contributed by atoms with Crippen LogP contribution in [0.2, 0.25) is 0 Å². The second kappa shape index (κ2) is 6.37. The van der Waals surface area contributed by atoms with Gasteiger partial charge in [0.15, 0.2) is 0 Å². The lowest BCUT2D eigenvalue weighted by Crippen LogP contribution is -2.22. The average Bonchev–Trinajstić information content (AvgIpc) is 2.93.